The van der Waals surface area contributed by atoms with Crippen LogP contribution in [0, 0.1) is 0 Å². The normalized spacial score (nSPS) is 18.5. The highest BCUT2D eigenvalue weighted by Gasteiger charge is 2.32. The van der Waals surface area contributed by atoms with Gasteiger partial charge in [-0.05, 0) is 50.8 Å². The fourth-order valence-corrected chi connectivity index (χ4v) is 4.36. The summed E-state index contributed by atoms with van der Waals surface area (Å²) in [6.45, 7) is 2.19. The Kier molecular flexibility index (Phi) is 11.3. The van der Waals surface area contributed by atoms with Crippen molar-refractivity contribution in [2.24, 2.45) is 0 Å². The lowest BCUT2D eigenvalue weighted by Gasteiger charge is -2.38. The van der Waals surface area contributed by atoms with Crippen molar-refractivity contribution in [2.75, 3.05) is 72.2 Å². The number of carbonyl (C=O) groups is 2. The van der Waals surface area contributed by atoms with Gasteiger partial charge in [0.1, 0.15) is 18.7 Å². The van der Waals surface area contributed by atoms with E-state index in [0.29, 0.717) is 49.5 Å². The number of hydrogen-bond donors (Lipinski definition) is 4. The first-order chi connectivity index (χ1) is 18.6. The second kappa shape index (κ2) is 14.4. The molecule has 12 nitrogen and oxygen atoms in total. The molecule has 214 valence electrons. The van der Waals surface area contributed by atoms with Gasteiger partial charge in [-0.25, -0.2) is 4.79 Å². The topological polar surface area (TPSA) is 152 Å². The van der Waals surface area contributed by atoms with Gasteiger partial charge in [0.25, 0.3) is 0 Å². The first-order valence-electron chi connectivity index (χ1n) is 12.5. The monoisotopic (exact) mass is 564 g/mol. The molecule has 0 aliphatic carbocycles. The molecular formula is C26H37ClN6O6. The van der Waals surface area contributed by atoms with E-state index >= 15 is 0 Å². The number of carbonyl (C=O) groups excluding carboxylic acids is 2. The molecule has 3 atom stereocenters. The second-order valence-corrected chi connectivity index (χ2v) is 9.90. The number of nitrogens with zero attached hydrogens (tertiary/aromatic N) is 3. The number of methoxy groups -OCH3 is 2. The first-order valence-corrected chi connectivity index (χ1v) is 12.9. The molecule has 1 aromatic carbocycles. The molecule has 0 bridgehead atoms. The molecule has 3 rings (SSSR count). The van der Waals surface area contributed by atoms with Gasteiger partial charge in [-0.3, -0.25) is 15.0 Å². The SMILES string of the molecule is COc1nc(N)c(Cl)cc1C(O)N[C@@H]1CCN(CC(=O)Nc2ccc(C(=O)OCCN(C)C)cc2)C[C@@H]1OC. The minimum atomic E-state index is -1.11. The zero-order chi connectivity index (χ0) is 28.5. The standard InChI is InChI=1S/C26H37ClN6O6/c1-32(2)11-12-39-26(36)16-5-7-17(8-6-16)29-22(34)15-33-10-9-20(21(14-33)37-3)30-24(35)18-13-19(27)23(28)31-25(18)38-4/h5-8,13,20-21,24,30,35H,9-12,14-15H2,1-4H3,(H2,28,31)(H,29,34)/t20-,21+,24?/m1/s1. The second-order valence-electron chi connectivity index (χ2n) is 9.49. The van der Waals surface area contributed by atoms with Crippen molar-refractivity contribution >= 4 is 35.0 Å². The number of amides is 1. The van der Waals surface area contributed by atoms with Crippen LogP contribution in [-0.4, -0.2) is 105 Å². The van der Waals surface area contributed by atoms with Crippen LogP contribution >= 0.6 is 11.6 Å². The Bertz CT molecular complexity index is 1120. The van der Waals surface area contributed by atoms with Crippen molar-refractivity contribution in [3.8, 4) is 5.88 Å². The number of rotatable bonds is 12. The third-order valence-electron chi connectivity index (χ3n) is 6.34. The van der Waals surface area contributed by atoms with Crippen molar-refractivity contribution in [1.29, 1.82) is 0 Å². The molecule has 1 fully saturated rings. The number of esters is 1. The number of likely N-dealkylation sites (tertiary alicyclic amines) is 1. The van der Waals surface area contributed by atoms with Crippen molar-refractivity contribution in [1.82, 2.24) is 20.1 Å². The first kappa shape index (κ1) is 30.5. The highest BCUT2D eigenvalue weighted by molar-refractivity contribution is 6.32. The summed E-state index contributed by atoms with van der Waals surface area (Å²) >= 11 is 6.09. The van der Waals surface area contributed by atoms with Gasteiger partial charge in [0, 0.05) is 38.5 Å². The molecule has 0 saturated carbocycles. The Morgan fingerprint density at radius 2 is 2.00 bits per heavy atom. The van der Waals surface area contributed by atoms with E-state index < -0.39 is 12.2 Å². The maximum Gasteiger partial charge on any atom is 0.338 e. The molecular weight excluding hydrogens is 528 g/mol. The molecule has 0 radical (unpaired) electrons. The van der Waals surface area contributed by atoms with E-state index in [0.717, 1.165) is 0 Å². The fraction of sp³-hybridized carbons (Fsp3) is 0.500. The summed E-state index contributed by atoms with van der Waals surface area (Å²) in [4.78, 5) is 32.8. The number of piperidine rings is 1. The van der Waals surface area contributed by atoms with Gasteiger partial charge in [-0.15, -0.1) is 0 Å². The molecule has 1 saturated heterocycles. The number of aliphatic hydroxyl groups is 1. The van der Waals surface area contributed by atoms with Crippen LogP contribution < -0.4 is 21.1 Å². The Morgan fingerprint density at radius 1 is 1.28 bits per heavy atom. The molecule has 13 heteroatoms. The van der Waals surface area contributed by atoms with Crippen molar-refractivity contribution in [3.63, 3.8) is 0 Å². The highest BCUT2D eigenvalue weighted by Crippen LogP contribution is 2.29. The number of aromatic nitrogens is 1. The van der Waals surface area contributed by atoms with E-state index in [1.165, 1.54) is 13.2 Å². The third kappa shape index (κ3) is 8.75. The van der Waals surface area contributed by atoms with Crippen LogP contribution in [0.25, 0.3) is 0 Å². The average Bonchev–Trinajstić information content (AvgIpc) is 2.90. The van der Waals surface area contributed by atoms with Crippen LogP contribution in [-0.2, 0) is 14.3 Å². The number of likely N-dealkylation sites (N-methyl/N-ethyl adjacent to an activating group) is 1. The van der Waals surface area contributed by atoms with Crippen LogP contribution in [0.2, 0.25) is 5.02 Å². The van der Waals surface area contributed by atoms with Crippen LogP contribution in [0.15, 0.2) is 30.3 Å². The lowest BCUT2D eigenvalue weighted by molar-refractivity contribution is -0.118. The van der Waals surface area contributed by atoms with Crippen LogP contribution in [0.1, 0.15) is 28.6 Å². The number of anilines is 2. The largest absolute Gasteiger partial charge is 0.481 e. The molecule has 5 N–H and O–H groups in total. The minimum absolute atomic E-state index is 0.111. The number of aliphatic hydroxyl groups excluding tert-OH is 1. The lowest BCUT2D eigenvalue weighted by Crippen LogP contribution is -2.55. The number of halogens is 1. The van der Waals surface area contributed by atoms with E-state index in [9.17, 15) is 14.7 Å². The molecule has 2 heterocycles. The summed E-state index contributed by atoms with van der Waals surface area (Å²) in [6, 6.07) is 7.90. The molecule has 0 spiro atoms. The molecule has 1 aliphatic rings. The van der Waals surface area contributed by atoms with Gasteiger partial charge in [0.05, 0.1) is 35.9 Å². The summed E-state index contributed by atoms with van der Waals surface area (Å²) in [6.07, 6.45) is -0.787. The van der Waals surface area contributed by atoms with Crippen molar-refractivity contribution in [3.05, 3.63) is 46.5 Å². The number of nitrogens with one attached hydrogen (secondary N) is 2. The Morgan fingerprint density at radius 3 is 2.64 bits per heavy atom. The van der Waals surface area contributed by atoms with E-state index in [-0.39, 0.29) is 41.3 Å². The molecule has 1 aromatic heterocycles. The minimum Gasteiger partial charge on any atom is -0.481 e. The number of pyridine rings is 1. The third-order valence-corrected chi connectivity index (χ3v) is 6.65. The number of nitrogen functional groups attached to an aromatic ring is 1. The summed E-state index contributed by atoms with van der Waals surface area (Å²) < 4.78 is 16.1. The van der Waals surface area contributed by atoms with Crippen LogP contribution in [0.3, 0.4) is 0 Å². The fourth-order valence-electron chi connectivity index (χ4n) is 4.20. The van der Waals surface area contributed by atoms with E-state index in [4.69, 9.17) is 31.5 Å². The zero-order valence-electron chi connectivity index (χ0n) is 22.6. The Labute approximate surface area is 233 Å². The van der Waals surface area contributed by atoms with Gasteiger partial charge >= 0.3 is 5.97 Å². The van der Waals surface area contributed by atoms with Crippen LogP contribution in [0.5, 0.6) is 5.88 Å². The van der Waals surface area contributed by atoms with E-state index in [2.05, 4.69) is 15.6 Å². The smallest absolute Gasteiger partial charge is 0.338 e. The Hall–Kier alpha value is -3.00. The maximum absolute atomic E-state index is 12.7. The number of nitrogens with two attached hydrogens (primary N) is 1. The molecule has 39 heavy (non-hydrogen) atoms. The van der Waals surface area contributed by atoms with Gasteiger partial charge in [0.2, 0.25) is 11.8 Å². The van der Waals surface area contributed by atoms with Gasteiger partial charge in [0.15, 0.2) is 0 Å². The highest BCUT2D eigenvalue weighted by atomic mass is 35.5. The maximum atomic E-state index is 12.7. The molecule has 1 unspecified atom stereocenters. The predicted molar refractivity (Wildman–Crippen MR) is 148 cm³/mol. The van der Waals surface area contributed by atoms with Gasteiger partial charge in [-0.1, -0.05) is 11.6 Å². The summed E-state index contributed by atoms with van der Waals surface area (Å²) in [5.41, 5.74) is 7.10. The lowest BCUT2D eigenvalue weighted by atomic mass is 10.0. The summed E-state index contributed by atoms with van der Waals surface area (Å²) in [5, 5.41) is 17.0. The number of ether oxygens (including phenoxy) is 3. The zero-order valence-corrected chi connectivity index (χ0v) is 23.4. The summed E-state index contributed by atoms with van der Waals surface area (Å²) in [7, 11) is 6.83. The molecule has 1 aliphatic heterocycles. The quantitative estimate of drug-likeness (QED) is 0.218. The van der Waals surface area contributed by atoms with E-state index in [1.54, 1.807) is 31.4 Å². The molecule has 2 aromatic rings. The predicted octanol–water partition coefficient (Wildman–Crippen LogP) is 1.35. The van der Waals surface area contributed by atoms with Gasteiger partial charge < -0.3 is 35.3 Å². The van der Waals surface area contributed by atoms with Crippen molar-refractivity contribution in [2.45, 2.75) is 24.8 Å². The van der Waals surface area contributed by atoms with E-state index in [1.807, 2.05) is 23.9 Å². The van der Waals surface area contributed by atoms with Gasteiger partial charge in [-0.2, -0.15) is 4.98 Å². The number of benzene rings is 1. The van der Waals surface area contributed by atoms with Crippen LogP contribution in [0.4, 0.5) is 11.5 Å². The molecule has 1 amide bonds. The number of hydrogen-bond acceptors (Lipinski definition) is 11. The average molecular weight is 565 g/mol. The van der Waals surface area contributed by atoms with Crippen molar-refractivity contribution < 1.29 is 28.9 Å². The summed E-state index contributed by atoms with van der Waals surface area (Å²) in [5.74, 6) is -0.310. The Balaban J connectivity index is 1.50.